The van der Waals surface area contributed by atoms with Crippen molar-refractivity contribution in [2.24, 2.45) is 0 Å². The van der Waals surface area contributed by atoms with E-state index < -0.39 is 0 Å². The van der Waals surface area contributed by atoms with Crippen LogP contribution in [0.4, 0.5) is 5.69 Å². The summed E-state index contributed by atoms with van der Waals surface area (Å²) in [7, 11) is 0. The second-order valence-electron chi connectivity index (χ2n) is 4.61. The molecule has 3 N–H and O–H groups in total. The van der Waals surface area contributed by atoms with Gasteiger partial charge in [-0.15, -0.1) is 0 Å². The van der Waals surface area contributed by atoms with Gasteiger partial charge in [0.05, 0.1) is 11.1 Å². The SMILES string of the molecule is Nc1ccc(OCCN2CCC(O)CC2)c(Cl)c1. The number of nitrogens with two attached hydrogens (primary N) is 1. The van der Waals surface area contributed by atoms with Crippen LogP contribution in [0.5, 0.6) is 5.75 Å². The van der Waals surface area contributed by atoms with Crippen molar-refractivity contribution < 1.29 is 9.84 Å². The highest BCUT2D eigenvalue weighted by Gasteiger charge is 2.16. The van der Waals surface area contributed by atoms with Crippen LogP contribution in [0.15, 0.2) is 18.2 Å². The van der Waals surface area contributed by atoms with E-state index in [2.05, 4.69) is 4.90 Å². The van der Waals surface area contributed by atoms with Gasteiger partial charge in [0.15, 0.2) is 0 Å². The number of aliphatic hydroxyl groups is 1. The molecule has 18 heavy (non-hydrogen) atoms. The summed E-state index contributed by atoms with van der Waals surface area (Å²) in [4.78, 5) is 2.29. The van der Waals surface area contributed by atoms with Gasteiger partial charge in [-0.3, -0.25) is 4.90 Å². The third-order valence-corrected chi connectivity index (χ3v) is 3.47. The number of nitrogens with zero attached hydrogens (tertiary/aromatic N) is 1. The topological polar surface area (TPSA) is 58.7 Å². The van der Waals surface area contributed by atoms with E-state index in [0.29, 0.717) is 23.1 Å². The molecule has 1 heterocycles. The number of halogens is 1. The summed E-state index contributed by atoms with van der Waals surface area (Å²) in [5.41, 5.74) is 6.25. The number of hydrogen-bond donors (Lipinski definition) is 2. The number of aliphatic hydroxyl groups excluding tert-OH is 1. The largest absolute Gasteiger partial charge is 0.491 e. The summed E-state index contributed by atoms with van der Waals surface area (Å²) in [6.07, 6.45) is 1.57. The smallest absolute Gasteiger partial charge is 0.138 e. The number of benzene rings is 1. The molecule has 1 saturated heterocycles. The lowest BCUT2D eigenvalue weighted by Gasteiger charge is -2.29. The summed E-state index contributed by atoms with van der Waals surface area (Å²) in [6.45, 7) is 3.31. The van der Waals surface area contributed by atoms with E-state index in [1.807, 2.05) is 0 Å². The summed E-state index contributed by atoms with van der Waals surface area (Å²) >= 11 is 6.02. The maximum atomic E-state index is 9.41. The van der Waals surface area contributed by atoms with Crippen LogP contribution < -0.4 is 10.5 Å². The molecular formula is C13H19ClN2O2. The zero-order chi connectivity index (χ0) is 13.0. The summed E-state index contributed by atoms with van der Waals surface area (Å²) in [5, 5.41) is 9.95. The van der Waals surface area contributed by atoms with Gasteiger partial charge in [0, 0.05) is 25.3 Å². The predicted octanol–water partition coefficient (Wildman–Crippen LogP) is 1.76. The van der Waals surface area contributed by atoms with E-state index in [4.69, 9.17) is 22.1 Å². The molecule has 0 spiro atoms. The minimum atomic E-state index is -0.131. The number of anilines is 1. The molecule has 1 aromatic rings. The molecule has 0 saturated carbocycles. The number of rotatable bonds is 4. The van der Waals surface area contributed by atoms with Crippen LogP contribution >= 0.6 is 11.6 Å². The normalized spacial score (nSPS) is 17.9. The lowest BCUT2D eigenvalue weighted by Crippen LogP contribution is -2.38. The minimum absolute atomic E-state index is 0.131. The predicted molar refractivity (Wildman–Crippen MR) is 73.0 cm³/mol. The van der Waals surface area contributed by atoms with Crippen LogP contribution in [0.3, 0.4) is 0 Å². The van der Waals surface area contributed by atoms with Crippen LogP contribution in [-0.2, 0) is 0 Å². The van der Waals surface area contributed by atoms with Crippen LogP contribution in [0.1, 0.15) is 12.8 Å². The number of hydrogen-bond acceptors (Lipinski definition) is 4. The van der Waals surface area contributed by atoms with Crippen LogP contribution in [0.2, 0.25) is 5.02 Å². The van der Waals surface area contributed by atoms with E-state index in [1.165, 1.54) is 0 Å². The number of piperidine rings is 1. The van der Waals surface area contributed by atoms with Crippen LogP contribution in [0.25, 0.3) is 0 Å². The molecule has 0 amide bonds. The molecule has 4 nitrogen and oxygen atoms in total. The van der Waals surface area contributed by atoms with Crippen molar-refractivity contribution in [1.82, 2.24) is 4.90 Å². The standard InChI is InChI=1S/C13H19ClN2O2/c14-12-9-10(15)1-2-13(12)18-8-7-16-5-3-11(17)4-6-16/h1-2,9,11,17H,3-8,15H2. The fourth-order valence-corrected chi connectivity index (χ4v) is 2.31. The first-order valence-electron chi connectivity index (χ1n) is 6.23. The molecule has 2 rings (SSSR count). The molecule has 5 heteroatoms. The third kappa shape index (κ3) is 3.77. The maximum Gasteiger partial charge on any atom is 0.138 e. The van der Waals surface area contributed by atoms with Crippen molar-refractivity contribution in [3.63, 3.8) is 0 Å². The average molecular weight is 271 g/mol. The Morgan fingerprint density at radius 3 is 2.78 bits per heavy atom. The Morgan fingerprint density at radius 2 is 2.11 bits per heavy atom. The maximum absolute atomic E-state index is 9.41. The van der Waals surface area contributed by atoms with Crippen molar-refractivity contribution in [1.29, 1.82) is 0 Å². The van der Waals surface area contributed by atoms with Gasteiger partial charge in [-0.25, -0.2) is 0 Å². The van der Waals surface area contributed by atoms with Crippen molar-refractivity contribution in [2.45, 2.75) is 18.9 Å². The number of likely N-dealkylation sites (tertiary alicyclic amines) is 1. The van der Waals surface area contributed by atoms with Crippen molar-refractivity contribution in [3.05, 3.63) is 23.2 Å². The van der Waals surface area contributed by atoms with Gasteiger partial charge in [0.1, 0.15) is 12.4 Å². The lowest BCUT2D eigenvalue weighted by atomic mass is 10.1. The van der Waals surface area contributed by atoms with Crippen LogP contribution in [0, 0.1) is 0 Å². The molecule has 1 aromatic carbocycles. The minimum Gasteiger partial charge on any atom is -0.491 e. The highest BCUT2D eigenvalue weighted by atomic mass is 35.5. The second kappa shape index (κ2) is 6.27. The Morgan fingerprint density at radius 1 is 1.39 bits per heavy atom. The van der Waals surface area contributed by atoms with Gasteiger partial charge < -0.3 is 15.6 Å². The van der Waals surface area contributed by atoms with Crippen LogP contribution in [-0.4, -0.2) is 42.4 Å². The molecule has 100 valence electrons. The lowest BCUT2D eigenvalue weighted by molar-refractivity contribution is 0.0755. The summed E-state index contributed by atoms with van der Waals surface area (Å²) < 4.78 is 5.63. The molecule has 1 fully saturated rings. The van der Waals surface area contributed by atoms with E-state index in [9.17, 15) is 5.11 Å². The molecule has 0 radical (unpaired) electrons. The summed E-state index contributed by atoms with van der Waals surface area (Å²) in [5.74, 6) is 0.669. The van der Waals surface area contributed by atoms with E-state index in [-0.39, 0.29) is 6.10 Å². The van der Waals surface area contributed by atoms with E-state index in [0.717, 1.165) is 32.5 Å². The Labute approximate surface area is 112 Å². The molecule has 1 aliphatic heterocycles. The van der Waals surface area contributed by atoms with E-state index in [1.54, 1.807) is 18.2 Å². The Balaban J connectivity index is 1.75. The highest BCUT2D eigenvalue weighted by Crippen LogP contribution is 2.26. The molecule has 1 aliphatic rings. The molecule has 0 unspecified atom stereocenters. The first kappa shape index (κ1) is 13.5. The number of ether oxygens (including phenoxy) is 1. The van der Waals surface area contributed by atoms with Gasteiger partial charge in [0.25, 0.3) is 0 Å². The molecule has 0 bridgehead atoms. The van der Waals surface area contributed by atoms with Gasteiger partial charge in [-0.1, -0.05) is 11.6 Å². The van der Waals surface area contributed by atoms with Crippen molar-refractivity contribution in [2.75, 3.05) is 32.0 Å². The number of nitrogen functional groups attached to an aromatic ring is 1. The Kier molecular flexibility index (Phi) is 4.69. The zero-order valence-electron chi connectivity index (χ0n) is 10.3. The highest BCUT2D eigenvalue weighted by molar-refractivity contribution is 6.32. The second-order valence-corrected chi connectivity index (χ2v) is 5.02. The average Bonchev–Trinajstić information content (AvgIpc) is 2.34. The van der Waals surface area contributed by atoms with E-state index >= 15 is 0 Å². The first-order valence-corrected chi connectivity index (χ1v) is 6.61. The molecule has 0 aromatic heterocycles. The summed E-state index contributed by atoms with van der Waals surface area (Å²) in [6, 6.07) is 5.25. The van der Waals surface area contributed by atoms with Gasteiger partial charge >= 0.3 is 0 Å². The molecule has 0 atom stereocenters. The fourth-order valence-electron chi connectivity index (χ4n) is 2.06. The Bertz CT molecular complexity index is 393. The molecular weight excluding hydrogens is 252 g/mol. The third-order valence-electron chi connectivity index (χ3n) is 3.18. The monoisotopic (exact) mass is 270 g/mol. The molecule has 0 aliphatic carbocycles. The fraction of sp³-hybridized carbons (Fsp3) is 0.538. The van der Waals surface area contributed by atoms with Gasteiger partial charge in [-0.2, -0.15) is 0 Å². The quantitative estimate of drug-likeness (QED) is 0.819. The zero-order valence-corrected chi connectivity index (χ0v) is 11.1. The first-order chi connectivity index (χ1) is 8.65. The van der Waals surface area contributed by atoms with Gasteiger partial charge in [-0.05, 0) is 31.0 Å². The van der Waals surface area contributed by atoms with Crippen molar-refractivity contribution >= 4 is 17.3 Å². The van der Waals surface area contributed by atoms with Crippen molar-refractivity contribution in [3.8, 4) is 5.75 Å². The van der Waals surface area contributed by atoms with Gasteiger partial charge in [0.2, 0.25) is 0 Å². The Hall–Kier alpha value is -0.970.